The van der Waals surface area contributed by atoms with Gasteiger partial charge in [-0.25, -0.2) is 9.78 Å². The lowest BCUT2D eigenvalue weighted by Gasteiger charge is -2.48. The molecule has 40 heavy (non-hydrogen) atoms. The van der Waals surface area contributed by atoms with E-state index in [-0.39, 0.29) is 17.4 Å². The van der Waals surface area contributed by atoms with E-state index in [1.54, 1.807) is 6.33 Å². The minimum Gasteiger partial charge on any atom is -0.450 e. The second-order valence-electron chi connectivity index (χ2n) is 11.8. The third-order valence-electron chi connectivity index (χ3n) is 9.18. The summed E-state index contributed by atoms with van der Waals surface area (Å²) in [4.78, 5) is 28.9. The number of rotatable bonds is 8. The zero-order chi connectivity index (χ0) is 28.4. The number of likely N-dealkylation sites (tertiary alicyclic amines) is 1. The number of carbonyl (C=O) groups is 2. The van der Waals surface area contributed by atoms with Gasteiger partial charge in [0.2, 0.25) is 5.91 Å². The molecule has 1 aromatic carbocycles. The van der Waals surface area contributed by atoms with Crippen molar-refractivity contribution >= 4 is 23.7 Å². The molecule has 5 rings (SSSR count). The maximum absolute atomic E-state index is 14.0. The smallest absolute Gasteiger partial charge is 0.450 e. The Morgan fingerprint density at radius 2 is 1.57 bits per heavy atom. The highest BCUT2D eigenvalue weighted by molar-refractivity contribution is 6.30. The highest BCUT2D eigenvalue weighted by atomic mass is 35.5. The maximum Gasteiger partial charge on any atom is 0.503 e. The molecule has 10 heteroatoms. The van der Waals surface area contributed by atoms with Crippen molar-refractivity contribution < 1.29 is 19.8 Å². The molecule has 1 aromatic heterocycles. The van der Waals surface area contributed by atoms with E-state index in [9.17, 15) is 4.79 Å². The summed E-state index contributed by atoms with van der Waals surface area (Å²) in [5.41, 5.74) is 1.38. The number of amides is 1. The molecular formula is C30H44ClN5O4. The Kier molecular flexibility index (Phi) is 11.2. The summed E-state index contributed by atoms with van der Waals surface area (Å²) < 4.78 is 2.03. The van der Waals surface area contributed by atoms with Crippen molar-refractivity contribution in [3.63, 3.8) is 0 Å². The first-order chi connectivity index (χ1) is 19.3. The topological polar surface area (TPSA) is 121 Å². The average Bonchev–Trinajstić information content (AvgIpc) is 3.47. The normalized spacial score (nSPS) is 20.8. The van der Waals surface area contributed by atoms with Gasteiger partial charge in [0.05, 0.1) is 6.04 Å². The fourth-order valence-corrected chi connectivity index (χ4v) is 7.19. The van der Waals surface area contributed by atoms with Crippen molar-refractivity contribution in [3.05, 3.63) is 47.5 Å². The first-order valence-electron chi connectivity index (χ1n) is 14.9. The van der Waals surface area contributed by atoms with Crippen LogP contribution in [0.15, 0.2) is 36.9 Å². The fraction of sp³-hybridized carbons (Fsp3) is 0.667. The van der Waals surface area contributed by atoms with E-state index >= 15 is 0 Å². The second-order valence-corrected chi connectivity index (χ2v) is 12.2. The van der Waals surface area contributed by atoms with Gasteiger partial charge < -0.3 is 20.4 Å². The molecular weight excluding hydrogens is 530 g/mol. The highest BCUT2D eigenvalue weighted by Crippen LogP contribution is 2.47. The Balaban J connectivity index is 0.000000867. The molecule has 0 radical (unpaired) electrons. The second kappa shape index (κ2) is 14.8. The van der Waals surface area contributed by atoms with Gasteiger partial charge in [0, 0.05) is 30.7 Å². The average molecular weight is 574 g/mol. The number of carboxylic acid groups (broad SMARTS) is 2. The van der Waals surface area contributed by atoms with Crippen LogP contribution >= 0.6 is 11.6 Å². The van der Waals surface area contributed by atoms with Crippen LogP contribution in [0.25, 0.3) is 0 Å². The zero-order valence-corrected chi connectivity index (χ0v) is 24.1. The van der Waals surface area contributed by atoms with Crippen LogP contribution in [0.4, 0.5) is 4.79 Å². The highest BCUT2D eigenvalue weighted by Gasteiger charge is 2.43. The summed E-state index contributed by atoms with van der Waals surface area (Å²) >= 11 is 6.13. The number of piperidine rings is 1. The molecule has 2 aliphatic carbocycles. The van der Waals surface area contributed by atoms with Gasteiger partial charge in [-0.2, -0.15) is 5.10 Å². The first-order valence-corrected chi connectivity index (χ1v) is 15.3. The van der Waals surface area contributed by atoms with E-state index in [0.717, 1.165) is 49.8 Å². The van der Waals surface area contributed by atoms with Gasteiger partial charge in [0.1, 0.15) is 12.7 Å². The molecule has 1 aliphatic heterocycles. The van der Waals surface area contributed by atoms with Crippen molar-refractivity contribution in [2.75, 3.05) is 13.1 Å². The van der Waals surface area contributed by atoms with Gasteiger partial charge in [-0.05, 0) is 74.0 Å². The Hall–Kier alpha value is -2.65. The standard InChI is InChI=1S/C29H42ClN5O.CH2O3/c30-25-13-11-23(12-14-25)19-27(33-26-9-5-2-6-10-26)28(36)34-17-15-29(16-18-34,20-35-22-31-21-32-35)24-7-3-1-4-8-24;2-1(3)4/h11-14,21-22,24,26-27,33H,1-10,15-20H2;(H2,2,3,4)/t27-;/m1./s1. The monoisotopic (exact) mass is 573 g/mol. The number of carbonyl (C=O) groups excluding carboxylic acids is 1. The molecule has 2 aromatic rings. The lowest BCUT2D eigenvalue weighted by atomic mass is 9.63. The molecule has 2 saturated carbocycles. The third-order valence-corrected chi connectivity index (χ3v) is 9.43. The van der Waals surface area contributed by atoms with Crippen molar-refractivity contribution in [3.8, 4) is 0 Å². The lowest BCUT2D eigenvalue weighted by molar-refractivity contribution is -0.137. The largest absolute Gasteiger partial charge is 0.503 e. The molecule has 0 bridgehead atoms. The van der Waals surface area contributed by atoms with Crippen LogP contribution < -0.4 is 5.32 Å². The summed E-state index contributed by atoms with van der Waals surface area (Å²) in [7, 11) is 0. The number of halogens is 1. The molecule has 0 unspecified atom stereocenters. The minimum atomic E-state index is -1.83. The maximum atomic E-state index is 14.0. The number of aromatic nitrogens is 3. The van der Waals surface area contributed by atoms with E-state index in [0.29, 0.717) is 6.04 Å². The SMILES string of the molecule is O=C(O)O.O=C([C@@H](Cc1ccc(Cl)cc1)NC1CCCCC1)N1CCC(Cn2cncn2)(C2CCCCC2)CC1. The predicted molar refractivity (Wildman–Crippen MR) is 154 cm³/mol. The van der Waals surface area contributed by atoms with Crippen LogP contribution in [0.3, 0.4) is 0 Å². The zero-order valence-electron chi connectivity index (χ0n) is 23.4. The van der Waals surface area contributed by atoms with Gasteiger partial charge >= 0.3 is 6.16 Å². The molecule has 1 atom stereocenters. The Morgan fingerprint density at radius 3 is 2.15 bits per heavy atom. The van der Waals surface area contributed by atoms with Crippen molar-refractivity contribution in [2.45, 2.75) is 102 Å². The van der Waals surface area contributed by atoms with Gasteiger partial charge in [-0.1, -0.05) is 62.3 Å². The number of hydrogen-bond donors (Lipinski definition) is 3. The van der Waals surface area contributed by atoms with E-state index in [4.69, 9.17) is 26.6 Å². The molecule has 220 valence electrons. The quantitative estimate of drug-likeness (QED) is 0.361. The van der Waals surface area contributed by atoms with Crippen molar-refractivity contribution in [2.24, 2.45) is 11.3 Å². The predicted octanol–water partition coefficient (Wildman–Crippen LogP) is 5.88. The number of nitrogens with zero attached hydrogens (tertiary/aromatic N) is 4. The molecule has 3 N–H and O–H groups in total. The summed E-state index contributed by atoms with van der Waals surface area (Å²) in [6.45, 7) is 2.61. The van der Waals surface area contributed by atoms with Crippen LogP contribution in [0.2, 0.25) is 5.02 Å². The van der Waals surface area contributed by atoms with Crippen LogP contribution in [-0.4, -0.2) is 67.1 Å². The Labute approximate surface area is 242 Å². The third kappa shape index (κ3) is 8.67. The van der Waals surface area contributed by atoms with Gasteiger partial charge in [0.25, 0.3) is 0 Å². The Bertz CT molecular complexity index is 1040. The molecule has 2 heterocycles. The summed E-state index contributed by atoms with van der Waals surface area (Å²) in [6, 6.07) is 8.26. The summed E-state index contributed by atoms with van der Waals surface area (Å²) in [5.74, 6) is 0.992. The van der Waals surface area contributed by atoms with Crippen LogP contribution in [0, 0.1) is 11.3 Å². The van der Waals surface area contributed by atoms with E-state index < -0.39 is 6.16 Å². The lowest BCUT2D eigenvalue weighted by Crippen LogP contribution is -2.55. The minimum absolute atomic E-state index is 0.174. The Morgan fingerprint density at radius 1 is 0.975 bits per heavy atom. The number of benzene rings is 1. The van der Waals surface area contributed by atoms with Crippen molar-refractivity contribution in [1.29, 1.82) is 0 Å². The van der Waals surface area contributed by atoms with E-state index in [1.165, 1.54) is 69.8 Å². The molecule has 3 fully saturated rings. The number of hydrogen-bond acceptors (Lipinski definition) is 5. The number of nitrogens with one attached hydrogen (secondary N) is 1. The van der Waals surface area contributed by atoms with Gasteiger partial charge in [-0.15, -0.1) is 0 Å². The molecule has 3 aliphatic rings. The molecule has 9 nitrogen and oxygen atoms in total. The van der Waals surface area contributed by atoms with Crippen LogP contribution in [0.1, 0.15) is 82.6 Å². The molecule has 1 saturated heterocycles. The fourth-order valence-electron chi connectivity index (χ4n) is 7.07. The molecule has 1 amide bonds. The van der Waals surface area contributed by atoms with E-state index in [2.05, 4.69) is 32.4 Å². The van der Waals surface area contributed by atoms with Gasteiger partial charge in [0.15, 0.2) is 0 Å². The summed E-state index contributed by atoms with van der Waals surface area (Å²) in [5, 5.41) is 22.9. The van der Waals surface area contributed by atoms with Crippen LogP contribution in [-0.2, 0) is 17.8 Å². The summed E-state index contributed by atoms with van der Waals surface area (Å²) in [6.07, 6.45) is 17.3. The van der Waals surface area contributed by atoms with E-state index in [1.807, 2.05) is 23.1 Å². The molecule has 0 spiro atoms. The van der Waals surface area contributed by atoms with Gasteiger partial charge in [-0.3, -0.25) is 9.48 Å². The van der Waals surface area contributed by atoms with Crippen molar-refractivity contribution in [1.82, 2.24) is 25.0 Å². The van der Waals surface area contributed by atoms with Crippen LogP contribution in [0.5, 0.6) is 0 Å². The first kappa shape index (κ1) is 30.3.